The van der Waals surface area contributed by atoms with E-state index in [0.717, 1.165) is 33.9 Å². The van der Waals surface area contributed by atoms with Crippen LogP contribution in [0.5, 0.6) is 0 Å². The minimum absolute atomic E-state index is 0.0280. The average Bonchev–Trinajstić information content (AvgIpc) is 3.34. The van der Waals surface area contributed by atoms with E-state index in [1.807, 2.05) is 24.3 Å². The molecule has 2 heteroatoms. The molecule has 1 aromatic heterocycles. The van der Waals surface area contributed by atoms with Crippen LogP contribution in [0.1, 0.15) is 30.5 Å². The Morgan fingerprint density at radius 2 is 0.935 bits per heavy atom. The molecule has 0 fully saturated rings. The highest BCUT2D eigenvalue weighted by Gasteiger charge is 2.35. The Morgan fingerprint density at radius 1 is 0.391 bits per heavy atom. The lowest BCUT2D eigenvalue weighted by Crippen LogP contribution is -2.14. The lowest BCUT2D eigenvalue weighted by molar-refractivity contribution is 0.660. The molecule has 2 nitrogen and oxygen atoms in total. The van der Waals surface area contributed by atoms with E-state index >= 15 is 0 Å². The number of fused-ring (bicyclic) bond motifs is 3. The molecule has 7 aromatic rings. The van der Waals surface area contributed by atoms with Crippen LogP contribution in [0.15, 0.2) is 152 Å². The second-order valence-corrected chi connectivity index (χ2v) is 12.8. The predicted octanol–water partition coefficient (Wildman–Crippen LogP) is 11.4. The van der Waals surface area contributed by atoms with Crippen molar-refractivity contribution in [1.82, 2.24) is 9.97 Å². The maximum Gasteiger partial charge on any atom is 0.160 e. The van der Waals surface area contributed by atoms with E-state index in [4.69, 9.17) is 9.97 Å². The normalized spacial score (nSPS) is 12.8. The van der Waals surface area contributed by atoms with Crippen molar-refractivity contribution in [2.24, 2.45) is 0 Å². The van der Waals surface area contributed by atoms with Crippen molar-refractivity contribution in [1.29, 1.82) is 0 Å². The zero-order valence-electron chi connectivity index (χ0n) is 26.3. The summed E-state index contributed by atoms with van der Waals surface area (Å²) in [5.74, 6) is 0.726. The zero-order valence-corrected chi connectivity index (χ0v) is 26.3. The van der Waals surface area contributed by atoms with Gasteiger partial charge < -0.3 is 0 Å². The second kappa shape index (κ2) is 11.1. The first kappa shape index (κ1) is 27.9. The van der Waals surface area contributed by atoms with Crippen LogP contribution in [0.25, 0.3) is 67.3 Å². The molecule has 0 atom stereocenters. The summed E-state index contributed by atoms with van der Waals surface area (Å²) in [7, 11) is 0. The molecule has 0 unspecified atom stereocenters. The van der Waals surface area contributed by atoms with Crippen molar-refractivity contribution in [2.75, 3.05) is 0 Å². The Labute approximate surface area is 271 Å². The molecule has 0 saturated carbocycles. The van der Waals surface area contributed by atoms with Crippen LogP contribution in [0.4, 0.5) is 0 Å². The van der Waals surface area contributed by atoms with Gasteiger partial charge in [0.1, 0.15) is 0 Å². The standard InChI is InChI=1S/C44H34N2/c1-29-23-35(26-36(24-29)42-28-41(30-13-6-4-7-14-30)45-43(46-42)31-15-8-5-9-16-31)33-18-12-17-32(25-33)34-21-22-38-37-19-10-11-20-39(37)44(2,3)40(38)27-34/h4-28H,1-3H3. The van der Waals surface area contributed by atoms with E-state index in [-0.39, 0.29) is 5.41 Å². The summed E-state index contributed by atoms with van der Waals surface area (Å²) in [5, 5.41) is 0. The molecule has 1 heterocycles. The fourth-order valence-electron chi connectivity index (χ4n) is 6.93. The van der Waals surface area contributed by atoms with Gasteiger partial charge in [-0.15, -0.1) is 0 Å². The first-order valence-electron chi connectivity index (χ1n) is 15.9. The largest absolute Gasteiger partial charge is 0.228 e. The number of hydrogen-bond acceptors (Lipinski definition) is 2. The van der Waals surface area contributed by atoms with Crippen molar-refractivity contribution < 1.29 is 0 Å². The monoisotopic (exact) mass is 590 g/mol. The van der Waals surface area contributed by atoms with Crippen LogP contribution in [0, 0.1) is 6.92 Å². The molecule has 0 saturated heterocycles. The molecular weight excluding hydrogens is 556 g/mol. The van der Waals surface area contributed by atoms with Crippen molar-refractivity contribution in [2.45, 2.75) is 26.2 Å². The maximum absolute atomic E-state index is 5.09. The predicted molar refractivity (Wildman–Crippen MR) is 192 cm³/mol. The molecule has 0 spiro atoms. The third kappa shape index (κ3) is 4.93. The summed E-state index contributed by atoms with van der Waals surface area (Å²) >= 11 is 0. The minimum atomic E-state index is -0.0280. The number of nitrogens with zero attached hydrogens (tertiary/aromatic N) is 2. The molecule has 46 heavy (non-hydrogen) atoms. The van der Waals surface area contributed by atoms with E-state index in [0.29, 0.717) is 0 Å². The van der Waals surface area contributed by atoms with Gasteiger partial charge in [-0.05, 0) is 87.3 Å². The first-order valence-corrected chi connectivity index (χ1v) is 15.9. The first-order chi connectivity index (χ1) is 22.4. The number of hydrogen-bond donors (Lipinski definition) is 0. The van der Waals surface area contributed by atoms with Gasteiger partial charge in [-0.1, -0.05) is 135 Å². The zero-order chi connectivity index (χ0) is 31.3. The Hall–Kier alpha value is -5.60. The highest BCUT2D eigenvalue weighted by molar-refractivity contribution is 5.85. The van der Waals surface area contributed by atoms with Gasteiger partial charge in [0.25, 0.3) is 0 Å². The van der Waals surface area contributed by atoms with Gasteiger partial charge in [0, 0.05) is 22.1 Å². The van der Waals surface area contributed by atoms with Gasteiger partial charge in [0.2, 0.25) is 0 Å². The molecule has 6 aromatic carbocycles. The van der Waals surface area contributed by atoms with Gasteiger partial charge in [-0.3, -0.25) is 0 Å². The van der Waals surface area contributed by atoms with E-state index in [2.05, 4.69) is 148 Å². The average molecular weight is 591 g/mol. The summed E-state index contributed by atoms with van der Waals surface area (Å²) in [6.45, 7) is 6.84. The summed E-state index contributed by atoms with van der Waals surface area (Å²) in [6, 6.07) is 54.2. The Morgan fingerprint density at radius 3 is 1.70 bits per heavy atom. The molecule has 1 aliphatic rings. The maximum atomic E-state index is 5.09. The number of aryl methyl sites for hydroxylation is 1. The van der Waals surface area contributed by atoms with Crippen LogP contribution in [0.2, 0.25) is 0 Å². The van der Waals surface area contributed by atoms with Gasteiger partial charge >= 0.3 is 0 Å². The number of rotatable bonds is 5. The smallest absolute Gasteiger partial charge is 0.160 e. The summed E-state index contributed by atoms with van der Waals surface area (Å²) in [5.41, 5.74) is 16.4. The lowest BCUT2D eigenvalue weighted by atomic mass is 9.81. The van der Waals surface area contributed by atoms with Crippen molar-refractivity contribution in [3.8, 4) is 67.3 Å². The van der Waals surface area contributed by atoms with Crippen LogP contribution in [-0.4, -0.2) is 9.97 Å². The molecule has 0 N–H and O–H groups in total. The summed E-state index contributed by atoms with van der Waals surface area (Å²) in [4.78, 5) is 10.1. The van der Waals surface area contributed by atoms with Gasteiger partial charge in [-0.2, -0.15) is 0 Å². The van der Waals surface area contributed by atoms with Crippen molar-refractivity contribution in [3.63, 3.8) is 0 Å². The van der Waals surface area contributed by atoms with Gasteiger partial charge in [-0.25, -0.2) is 9.97 Å². The van der Waals surface area contributed by atoms with Crippen LogP contribution < -0.4 is 0 Å². The molecule has 0 amide bonds. The molecule has 8 rings (SSSR count). The number of aromatic nitrogens is 2. The van der Waals surface area contributed by atoms with E-state index in [1.165, 1.54) is 50.1 Å². The quantitative estimate of drug-likeness (QED) is 0.199. The Bertz CT molecular complexity index is 2170. The lowest BCUT2D eigenvalue weighted by Gasteiger charge is -2.22. The molecular formula is C44H34N2. The fourth-order valence-corrected chi connectivity index (χ4v) is 6.93. The minimum Gasteiger partial charge on any atom is -0.228 e. The van der Waals surface area contributed by atoms with Gasteiger partial charge in [0.15, 0.2) is 5.82 Å². The highest BCUT2D eigenvalue weighted by Crippen LogP contribution is 2.49. The van der Waals surface area contributed by atoms with Crippen molar-refractivity contribution in [3.05, 3.63) is 168 Å². The Kier molecular flexibility index (Phi) is 6.73. The molecule has 0 radical (unpaired) electrons. The summed E-state index contributed by atoms with van der Waals surface area (Å²) in [6.07, 6.45) is 0. The van der Waals surface area contributed by atoms with Crippen LogP contribution >= 0.6 is 0 Å². The highest BCUT2D eigenvalue weighted by atomic mass is 14.9. The van der Waals surface area contributed by atoms with E-state index < -0.39 is 0 Å². The summed E-state index contributed by atoms with van der Waals surface area (Å²) < 4.78 is 0. The molecule has 0 aliphatic heterocycles. The fraction of sp³-hybridized carbons (Fsp3) is 0.0909. The molecule has 1 aliphatic carbocycles. The second-order valence-electron chi connectivity index (χ2n) is 12.8. The Balaban J connectivity index is 1.20. The van der Waals surface area contributed by atoms with E-state index in [1.54, 1.807) is 0 Å². The van der Waals surface area contributed by atoms with Crippen LogP contribution in [-0.2, 0) is 5.41 Å². The SMILES string of the molecule is Cc1cc(-c2cccc(-c3ccc4c(c3)C(C)(C)c3ccccc3-4)c2)cc(-c2cc(-c3ccccc3)nc(-c3ccccc3)n2)c1. The molecule has 0 bridgehead atoms. The number of benzene rings is 6. The topological polar surface area (TPSA) is 25.8 Å². The van der Waals surface area contributed by atoms with Crippen LogP contribution in [0.3, 0.4) is 0 Å². The third-order valence-corrected chi connectivity index (χ3v) is 9.31. The van der Waals surface area contributed by atoms with E-state index in [9.17, 15) is 0 Å². The third-order valence-electron chi connectivity index (χ3n) is 9.31. The van der Waals surface area contributed by atoms with Gasteiger partial charge in [0.05, 0.1) is 11.4 Å². The molecule has 220 valence electrons. The van der Waals surface area contributed by atoms with Crippen molar-refractivity contribution >= 4 is 0 Å².